The van der Waals surface area contributed by atoms with Crippen molar-refractivity contribution in [2.75, 3.05) is 0 Å². The maximum Gasteiger partial charge on any atom is 1.00 e. The normalized spacial score (nSPS) is 18.7. The van der Waals surface area contributed by atoms with Gasteiger partial charge >= 0.3 is 29.6 Å². The average molecular weight is 1340 g/mol. The third-order valence-corrected chi connectivity index (χ3v) is 35.4. The Morgan fingerprint density at radius 3 is 0.663 bits per heavy atom. The van der Waals surface area contributed by atoms with Crippen LogP contribution in [0.2, 0.25) is 0 Å². The van der Waals surface area contributed by atoms with Gasteiger partial charge in [0.15, 0.2) is 19.7 Å². The number of hydrogen-bond donors (Lipinski definition) is 0. The van der Waals surface area contributed by atoms with E-state index in [2.05, 4.69) is 0 Å². The van der Waals surface area contributed by atoms with Crippen LogP contribution >= 0.6 is 0 Å². The van der Waals surface area contributed by atoms with Gasteiger partial charge in [-0.3, -0.25) is 60.7 Å². The van der Waals surface area contributed by atoms with E-state index in [1.54, 1.807) is 0 Å². The summed E-state index contributed by atoms with van der Waals surface area (Å²) in [5.41, 5.74) is -10.9. The minimum atomic E-state index is -8.10. The van der Waals surface area contributed by atoms with Gasteiger partial charge in [0.05, 0.1) is 58.9 Å². The first-order valence-corrected chi connectivity index (χ1v) is 33.1. The van der Waals surface area contributed by atoms with Crippen LogP contribution in [0.15, 0.2) is 175 Å². The van der Waals surface area contributed by atoms with Gasteiger partial charge in [-0.15, -0.1) is 0 Å². The summed E-state index contributed by atoms with van der Waals surface area (Å²) in [7, 11) is -53.3. The molecular formula is C45H35N6NaO27S7. The molecule has 1 saturated carbocycles. The first-order chi connectivity index (χ1) is 38.9. The van der Waals surface area contributed by atoms with Crippen LogP contribution in [0, 0.1) is 66.1 Å². The summed E-state index contributed by atoms with van der Waals surface area (Å²) >= 11 is 0. The van der Waals surface area contributed by atoms with Gasteiger partial charge in [0.2, 0.25) is 51.6 Å². The Hall–Kier alpha value is -7.67. The van der Waals surface area contributed by atoms with Crippen LogP contribution in [0.1, 0.15) is 27.2 Å². The zero-order chi connectivity index (χ0) is 64.1. The van der Waals surface area contributed by atoms with Crippen LogP contribution < -0.4 is 29.6 Å². The Morgan fingerprint density at radius 2 is 0.477 bits per heavy atom. The molecule has 86 heavy (non-hydrogen) atoms. The summed E-state index contributed by atoms with van der Waals surface area (Å²) in [6, 6.07) is 3.21. The molecule has 0 saturated heterocycles. The van der Waals surface area contributed by atoms with Crippen molar-refractivity contribution in [3.05, 3.63) is 206 Å². The molecular weight excluding hydrogens is 1300 g/mol. The molecule has 0 spiro atoms. The topological polar surface area (TPSA) is 521 Å². The smallest absolute Gasteiger partial charge is 0.747 e. The first kappa shape index (κ1) is 67.5. The molecule has 0 aromatic heterocycles. The third kappa shape index (κ3) is 9.17. The van der Waals surface area contributed by atoms with E-state index in [0.717, 1.165) is 0 Å². The van der Waals surface area contributed by atoms with Crippen molar-refractivity contribution < 1.29 is 123 Å². The van der Waals surface area contributed by atoms with E-state index in [9.17, 15) is 60.7 Å². The van der Waals surface area contributed by atoms with Crippen molar-refractivity contribution in [2.45, 2.75) is 73.5 Å². The van der Waals surface area contributed by atoms with Crippen molar-refractivity contribution >= 4 is 103 Å². The maximum absolute atomic E-state index is 17.3. The number of non-ortho nitro benzene ring substituents is 6. The minimum Gasteiger partial charge on any atom is -0.747 e. The summed E-state index contributed by atoms with van der Waals surface area (Å²) in [5.74, 6) is 0. The van der Waals surface area contributed by atoms with Gasteiger partial charge in [-0.2, -0.15) is 0 Å². The predicted molar refractivity (Wildman–Crippen MR) is 286 cm³/mol. The van der Waals surface area contributed by atoms with E-state index in [1.807, 2.05) is 0 Å². The van der Waals surface area contributed by atoms with Crippen molar-refractivity contribution in [1.82, 2.24) is 0 Å². The fraction of sp³-hybridized carbons (Fsp3) is 0.200. The van der Waals surface area contributed by atoms with E-state index in [1.165, 1.54) is 0 Å². The minimum absolute atomic E-state index is 0. The van der Waals surface area contributed by atoms with E-state index in [0.29, 0.717) is 0 Å². The summed E-state index contributed by atoms with van der Waals surface area (Å²) in [4.78, 5) is 53.5. The van der Waals surface area contributed by atoms with Crippen LogP contribution in [-0.2, 0) is 69.1 Å². The quantitative estimate of drug-likeness (QED) is 0.0485. The molecule has 0 heterocycles. The van der Waals surface area contributed by atoms with Gasteiger partial charge in [0, 0.05) is 78.2 Å². The second-order valence-electron chi connectivity index (χ2n) is 19.1. The zero-order valence-electron chi connectivity index (χ0n) is 43.6. The van der Waals surface area contributed by atoms with Crippen LogP contribution in [0.3, 0.4) is 0 Å². The predicted octanol–water partition coefficient (Wildman–Crippen LogP) is 2.11. The number of benzene rings is 6. The molecule has 0 aliphatic heterocycles. The number of nitro groups is 6. The fourth-order valence-corrected chi connectivity index (χ4v) is 35.2. The summed E-state index contributed by atoms with van der Waals surface area (Å²) in [6.45, 7) is -0.114. The Balaban J connectivity index is 0.0000118. The summed E-state index contributed by atoms with van der Waals surface area (Å²) in [6.07, 6.45) is -2.98. The number of nitrogens with zero attached hydrogens (tertiary/aromatic N) is 6. The molecule has 450 valence electrons. The summed E-state index contributed by atoms with van der Waals surface area (Å²) in [5, 5.41) is 72.3. The number of hydrogen-bond acceptors (Lipinski definition) is 27. The van der Waals surface area contributed by atoms with Crippen LogP contribution in [0.5, 0.6) is 0 Å². The van der Waals surface area contributed by atoms with E-state index in [-0.39, 0.29) is 189 Å². The van der Waals surface area contributed by atoms with Crippen LogP contribution in [0.25, 0.3) is 0 Å². The van der Waals surface area contributed by atoms with Gasteiger partial charge in [0.1, 0.15) is 14.9 Å². The Morgan fingerprint density at radius 1 is 0.302 bits per heavy atom. The summed E-state index contributed by atoms with van der Waals surface area (Å²) < 4.78 is 227. The van der Waals surface area contributed by atoms with Crippen molar-refractivity contribution in [3.63, 3.8) is 0 Å². The van der Waals surface area contributed by atoms with Crippen molar-refractivity contribution in [1.29, 1.82) is 0 Å². The molecule has 33 nitrogen and oxygen atoms in total. The molecule has 0 N–H and O–H groups in total. The molecule has 0 radical (unpaired) electrons. The van der Waals surface area contributed by atoms with Gasteiger partial charge in [-0.1, -0.05) is 13.8 Å². The second-order valence-corrected chi connectivity index (χ2v) is 34.3. The molecule has 2 unspecified atom stereocenters. The third-order valence-electron chi connectivity index (χ3n) is 14.4. The van der Waals surface area contributed by atoms with Crippen molar-refractivity contribution in [3.8, 4) is 0 Å². The molecule has 0 bridgehead atoms. The molecule has 2 atom stereocenters. The molecule has 1 aliphatic rings. The fourth-order valence-electron chi connectivity index (χ4n) is 11.1. The second kappa shape index (κ2) is 21.9. The first-order valence-electron chi connectivity index (χ1n) is 22.8. The Kier molecular flexibility index (Phi) is 17.2. The van der Waals surface area contributed by atoms with Gasteiger partial charge in [-0.25, -0.2) is 58.9 Å². The number of nitro benzene ring substituents is 6. The molecule has 41 heteroatoms. The van der Waals surface area contributed by atoms with Gasteiger partial charge in [0.25, 0.3) is 34.1 Å². The van der Waals surface area contributed by atoms with E-state index < -0.39 is 198 Å². The van der Waals surface area contributed by atoms with Gasteiger partial charge in [-0.05, 0) is 86.1 Å². The van der Waals surface area contributed by atoms with E-state index >= 15 is 63.5 Å². The number of rotatable bonds is 19. The Labute approximate surface area is 507 Å². The number of sulfone groups is 6. The van der Waals surface area contributed by atoms with E-state index in [4.69, 9.17) is 0 Å². The maximum atomic E-state index is 17.3. The standard InChI is InChI=1S/C45H36N6O27S7.Na/c1-41(2)28-43(85(76,77)78,80(66,67)36-18-6-30(7-19-36)47(54)55)45(83(72,73)39-24-12-33(13-25-39)50(60)61,84(74,75)40-26-14-34(15-27-40)51(62)63)42(3,79(64,65)35-16-4-29(5-17-35)46(52)53)44(41,81(68,69)37-20-8-31(9-21-37)48(56)57)82(70,71)38-22-10-32(11-23-38)49(58)59;/h4-27H,28H2,1-3H3,(H,76,77,78);/q;+1/p-1. The molecule has 0 amide bonds. The SMILES string of the molecule is CC1(C)CC(S(=O)(=O)[O-])(S(=O)(=O)c2ccc([N+](=O)[O-])cc2)C(S(=O)(=O)c2ccc([N+](=O)[O-])cc2)(S(=O)(=O)c2ccc([N+](=O)[O-])cc2)C(C)(S(=O)(=O)c2ccc([N+](=O)[O-])cc2)C1(S(=O)(=O)c1ccc([N+](=O)[O-])cc1)S(=O)(=O)c1ccc([N+](=O)[O-])cc1.[Na+]. The Bertz CT molecular complexity index is 4540. The molecule has 6 aromatic carbocycles. The molecule has 1 aliphatic carbocycles. The average Bonchev–Trinajstić information content (AvgIpc) is 0.617. The molecule has 6 aromatic rings. The molecule has 1 fully saturated rings. The van der Waals surface area contributed by atoms with Crippen LogP contribution in [0.4, 0.5) is 34.1 Å². The van der Waals surface area contributed by atoms with Gasteiger partial charge < -0.3 is 4.55 Å². The van der Waals surface area contributed by atoms with Crippen molar-refractivity contribution in [2.24, 2.45) is 5.41 Å². The largest absolute Gasteiger partial charge is 1.00 e. The van der Waals surface area contributed by atoms with Crippen LogP contribution in [-0.4, -0.2) is 110 Å². The molecule has 7 rings (SSSR count). The zero-order valence-corrected chi connectivity index (χ0v) is 51.3. The monoisotopic (exact) mass is 1340 g/mol.